The van der Waals surface area contributed by atoms with E-state index in [0.29, 0.717) is 0 Å². The van der Waals surface area contributed by atoms with Crippen LogP contribution in [-0.2, 0) is 5.54 Å². The number of benzene rings is 1. The van der Waals surface area contributed by atoms with Gasteiger partial charge in [-0.1, -0.05) is 11.6 Å². The van der Waals surface area contributed by atoms with Crippen LogP contribution in [0, 0.1) is 5.82 Å². The molecule has 3 nitrogen and oxygen atoms in total. The molecule has 0 bridgehead atoms. The Morgan fingerprint density at radius 2 is 2.07 bits per heavy atom. The molecule has 0 saturated heterocycles. The summed E-state index contributed by atoms with van der Waals surface area (Å²) in [6, 6.07) is 1.09. The molecular weight excluding hydrogens is 221 g/mol. The number of phenolic OH excluding ortho intramolecular Hbond substituents is 1. The van der Waals surface area contributed by atoms with E-state index in [1.807, 2.05) is 0 Å². The molecule has 0 aliphatic carbocycles. The van der Waals surface area contributed by atoms with E-state index in [9.17, 15) is 9.50 Å². The molecule has 0 atom stereocenters. The maximum absolute atomic E-state index is 13.7. The van der Waals surface area contributed by atoms with Crippen LogP contribution >= 0.6 is 11.6 Å². The topological polar surface area (TPSA) is 55.5 Å². The fourth-order valence-corrected chi connectivity index (χ4v) is 1.58. The minimum absolute atomic E-state index is 0.0180. The highest BCUT2D eigenvalue weighted by Crippen LogP contribution is 2.40. The van der Waals surface area contributed by atoms with Gasteiger partial charge in [-0.25, -0.2) is 4.39 Å². The molecule has 0 aromatic heterocycles. The average Bonchev–Trinajstić information content (AvgIpc) is 2.08. The molecule has 0 unspecified atom stereocenters. The average molecular weight is 234 g/mol. The first-order valence-electron chi connectivity index (χ1n) is 4.33. The molecule has 0 heterocycles. The number of halogens is 2. The van der Waals surface area contributed by atoms with Gasteiger partial charge in [0.1, 0.15) is 0 Å². The lowest BCUT2D eigenvalue weighted by Crippen LogP contribution is -2.30. The quantitative estimate of drug-likeness (QED) is 0.825. The number of methoxy groups -OCH3 is 1. The monoisotopic (exact) mass is 233 g/mol. The zero-order valence-electron chi connectivity index (χ0n) is 8.77. The third kappa shape index (κ3) is 2.16. The van der Waals surface area contributed by atoms with E-state index in [4.69, 9.17) is 22.1 Å². The van der Waals surface area contributed by atoms with Crippen molar-refractivity contribution in [2.45, 2.75) is 19.4 Å². The summed E-state index contributed by atoms with van der Waals surface area (Å²) in [5.74, 6) is -0.874. The first-order valence-corrected chi connectivity index (χ1v) is 4.71. The van der Waals surface area contributed by atoms with Crippen molar-refractivity contribution in [2.24, 2.45) is 5.73 Å². The fraction of sp³-hybridized carbons (Fsp3) is 0.400. The van der Waals surface area contributed by atoms with Crippen LogP contribution in [0.1, 0.15) is 19.4 Å². The zero-order chi connectivity index (χ0) is 11.8. The number of phenols is 1. The summed E-state index contributed by atoms with van der Waals surface area (Å²) < 4.78 is 18.6. The summed E-state index contributed by atoms with van der Waals surface area (Å²) >= 11 is 5.61. The van der Waals surface area contributed by atoms with Crippen molar-refractivity contribution >= 4 is 11.6 Å². The van der Waals surface area contributed by atoms with E-state index in [1.165, 1.54) is 7.11 Å². The molecule has 1 aromatic carbocycles. The lowest BCUT2D eigenvalue weighted by Gasteiger charge is -2.23. The van der Waals surface area contributed by atoms with Crippen molar-refractivity contribution in [1.82, 2.24) is 0 Å². The van der Waals surface area contributed by atoms with Gasteiger partial charge in [-0.15, -0.1) is 0 Å². The van der Waals surface area contributed by atoms with E-state index in [1.54, 1.807) is 13.8 Å². The molecular formula is C10H13ClFNO2. The minimum atomic E-state index is -0.988. The molecule has 1 aromatic rings. The molecule has 84 valence electrons. The second kappa shape index (κ2) is 3.87. The molecule has 0 aliphatic heterocycles. The Morgan fingerprint density at radius 3 is 2.47 bits per heavy atom. The number of hydrogen-bond donors (Lipinski definition) is 2. The van der Waals surface area contributed by atoms with Gasteiger partial charge in [0.15, 0.2) is 17.3 Å². The predicted molar refractivity (Wildman–Crippen MR) is 56.8 cm³/mol. The zero-order valence-corrected chi connectivity index (χ0v) is 9.52. The number of nitrogens with two attached hydrogens (primary N) is 1. The largest absolute Gasteiger partial charge is 0.504 e. The molecule has 1 rings (SSSR count). The Bertz CT molecular complexity index is 388. The normalized spacial score (nSPS) is 11.6. The summed E-state index contributed by atoms with van der Waals surface area (Å²) in [6.07, 6.45) is 0. The van der Waals surface area contributed by atoms with Crippen molar-refractivity contribution in [3.63, 3.8) is 0 Å². The number of ether oxygens (including phenoxy) is 1. The summed E-state index contributed by atoms with van der Waals surface area (Å²) in [5, 5.41) is 9.35. The van der Waals surface area contributed by atoms with Gasteiger partial charge in [-0.05, 0) is 13.8 Å². The second-order valence-electron chi connectivity index (χ2n) is 3.82. The second-order valence-corrected chi connectivity index (χ2v) is 4.23. The number of rotatable bonds is 2. The Morgan fingerprint density at radius 1 is 1.53 bits per heavy atom. The van der Waals surface area contributed by atoms with E-state index < -0.39 is 11.4 Å². The van der Waals surface area contributed by atoms with Gasteiger partial charge in [0.25, 0.3) is 0 Å². The summed E-state index contributed by atoms with van der Waals surface area (Å²) in [7, 11) is 1.33. The highest BCUT2D eigenvalue weighted by atomic mass is 35.5. The molecule has 0 amide bonds. The fourth-order valence-electron chi connectivity index (χ4n) is 1.38. The van der Waals surface area contributed by atoms with Crippen LogP contribution in [0.25, 0.3) is 0 Å². The Balaban J connectivity index is 3.59. The minimum Gasteiger partial charge on any atom is -0.504 e. The number of hydrogen-bond acceptors (Lipinski definition) is 3. The Hall–Kier alpha value is -1.00. The summed E-state index contributed by atoms with van der Waals surface area (Å²) in [5.41, 5.74) is 4.86. The molecule has 0 radical (unpaired) electrons. The lowest BCUT2D eigenvalue weighted by atomic mass is 9.93. The van der Waals surface area contributed by atoms with Gasteiger partial charge < -0.3 is 15.6 Å². The Kier molecular flexibility index (Phi) is 3.11. The first kappa shape index (κ1) is 12.1. The van der Waals surface area contributed by atoms with Crippen LogP contribution in [0.5, 0.6) is 11.5 Å². The van der Waals surface area contributed by atoms with Crippen LogP contribution in [0.3, 0.4) is 0 Å². The smallest absolute Gasteiger partial charge is 0.168 e. The van der Waals surface area contributed by atoms with E-state index in [-0.39, 0.29) is 22.1 Å². The van der Waals surface area contributed by atoms with Gasteiger partial charge in [0, 0.05) is 11.6 Å². The molecule has 0 fully saturated rings. The van der Waals surface area contributed by atoms with Gasteiger partial charge in [0.2, 0.25) is 0 Å². The van der Waals surface area contributed by atoms with Crippen LogP contribution in [0.2, 0.25) is 5.02 Å². The van der Waals surface area contributed by atoms with E-state index in [0.717, 1.165) is 6.07 Å². The van der Waals surface area contributed by atoms with Crippen LogP contribution < -0.4 is 10.5 Å². The summed E-state index contributed by atoms with van der Waals surface area (Å²) in [6.45, 7) is 3.20. The first-order chi connectivity index (χ1) is 6.79. The maximum Gasteiger partial charge on any atom is 0.168 e. The summed E-state index contributed by atoms with van der Waals surface area (Å²) in [4.78, 5) is 0. The van der Waals surface area contributed by atoms with Gasteiger partial charge >= 0.3 is 0 Å². The number of aromatic hydroxyl groups is 1. The highest BCUT2D eigenvalue weighted by Gasteiger charge is 2.28. The van der Waals surface area contributed by atoms with Crippen LogP contribution in [-0.4, -0.2) is 12.2 Å². The van der Waals surface area contributed by atoms with Crippen LogP contribution in [0.4, 0.5) is 4.39 Å². The van der Waals surface area contributed by atoms with Gasteiger partial charge in [-0.2, -0.15) is 0 Å². The Labute approximate surface area is 92.6 Å². The van der Waals surface area contributed by atoms with Crippen molar-refractivity contribution in [1.29, 1.82) is 0 Å². The molecule has 0 saturated carbocycles. The third-order valence-electron chi connectivity index (χ3n) is 2.00. The van der Waals surface area contributed by atoms with Crippen molar-refractivity contribution in [3.8, 4) is 11.5 Å². The van der Waals surface area contributed by atoms with Crippen molar-refractivity contribution in [2.75, 3.05) is 7.11 Å². The molecule has 3 N–H and O–H groups in total. The predicted octanol–water partition coefficient (Wildman–Crippen LogP) is 2.39. The van der Waals surface area contributed by atoms with Crippen molar-refractivity contribution in [3.05, 3.63) is 22.5 Å². The highest BCUT2D eigenvalue weighted by molar-refractivity contribution is 6.31. The van der Waals surface area contributed by atoms with Gasteiger partial charge in [-0.3, -0.25) is 0 Å². The molecule has 0 aliphatic rings. The van der Waals surface area contributed by atoms with E-state index >= 15 is 0 Å². The lowest BCUT2D eigenvalue weighted by molar-refractivity contribution is 0.350. The standard InChI is InChI=1S/C10H13ClFNO2/c1-10(2,13)7-8(12)5(11)4-6(14)9(7)15-3/h4,14H,13H2,1-3H3. The molecule has 5 heteroatoms. The van der Waals surface area contributed by atoms with E-state index in [2.05, 4.69) is 0 Å². The van der Waals surface area contributed by atoms with Crippen LogP contribution in [0.15, 0.2) is 6.07 Å². The molecule has 15 heavy (non-hydrogen) atoms. The maximum atomic E-state index is 13.7. The molecule has 0 spiro atoms. The third-order valence-corrected chi connectivity index (χ3v) is 2.28. The van der Waals surface area contributed by atoms with Crippen molar-refractivity contribution < 1.29 is 14.2 Å². The SMILES string of the molecule is COc1c(O)cc(Cl)c(F)c1C(C)(C)N. The van der Waals surface area contributed by atoms with Gasteiger partial charge in [0.05, 0.1) is 17.7 Å².